The Hall–Kier alpha value is -1.09. The van der Waals surface area contributed by atoms with Crippen molar-refractivity contribution < 1.29 is 9.18 Å². The molecule has 0 unspecified atom stereocenters. The van der Waals surface area contributed by atoms with E-state index in [1.807, 2.05) is 13.8 Å². The standard InChI is InChI=1S/C12H15ClFNO/c1-3-8(2)15-12(16)6-9-4-5-10(13)7-11(9)14/h4-5,7-8H,3,6H2,1-2H3,(H,15,16)/t8-/m1/s1. The highest BCUT2D eigenvalue weighted by atomic mass is 35.5. The van der Waals surface area contributed by atoms with Crippen LogP contribution in [-0.2, 0) is 11.2 Å². The highest BCUT2D eigenvalue weighted by molar-refractivity contribution is 6.30. The van der Waals surface area contributed by atoms with Crippen LogP contribution in [0.4, 0.5) is 4.39 Å². The van der Waals surface area contributed by atoms with Crippen molar-refractivity contribution in [2.24, 2.45) is 0 Å². The van der Waals surface area contributed by atoms with Gasteiger partial charge < -0.3 is 5.32 Å². The molecular weight excluding hydrogens is 229 g/mol. The second-order valence-corrected chi connectivity index (χ2v) is 4.23. The number of nitrogens with one attached hydrogen (secondary N) is 1. The molecule has 0 saturated carbocycles. The summed E-state index contributed by atoms with van der Waals surface area (Å²) in [6.07, 6.45) is 0.905. The Morgan fingerprint density at radius 2 is 2.25 bits per heavy atom. The van der Waals surface area contributed by atoms with E-state index in [1.165, 1.54) is 12.1 Å². The maximum atomic E-state index is 13.4. The molecular formula is C12H15ClFNO. The molecule has 0 bridgehead atoms. The molecule has 16 heavy (non-hydrogen) atoms. The Kier molecular flexibility index (Phi) is 4.74. The van der Waals surface area contributed by atoms with E-state index >= 15 is 0 Å². The van der Waals surface area contributed by atoms with E-state index in [1.54, 1.807) is 6.07 Å². The van der Waals surface area contributed by atoms with Crippen molar-refractivity contribution in [3.8, 4) is 0 Å². The fourth-order valence-corrected chi connectivity index (χ4v) is 1.42. The highest BCUT2D eigenvalue weighted by Gasteiger charge is 2.10. The SMILES string of the molecule is CC[C@@H](C)NC(=O)Cc1ccc(Cl)cc1F. The second kappa shape index (κ2) is 5.85. The van der Waals surface area contributed by atoms with Crippen LogP contribution in [0.1, 0.15) is 25.8 Å². The number of carbonyl (C=O) groups excluding carboxylic acids is 1. The number of carbonyl (C=O) groups is 1. The van der Waals surface area contributed by atoms with E-state index in [-0.39, 0.29) is 18.4 Å². The van der Waals surface area contributed by atoms with Gasteiger partial charge in [-0.25, -0.2) is 4.39 Å². The molecule has 88 valence electrons. The molecule has 0 aliphatic carbocycles. The van der Waals surface area contributed by atoms with Crippen molar-refractivity contribution in [1.29, 1.82) is 0 Å². The second-order valence-electron chi connectivity index (χ2n) is 3.79. The third kappa shape index (κ3) is 3.81. The first-order valence-electron chi connectivity index (χ1n) is 5.26. The lowest BCUT2D eigenvalue weighted by Crippen LogP contribution is -2.33. The zero-order valence-electron chi connectivity index (χ0n) is 9.39. The lowest BCUT2D eigenvalue weighted by molar-refractivity contribution is -0.121. The van der Waals surface area contributed by atoms with Crippen LogP contribution < -0.4 is 5.32 Å². The van der Waals surface area contributed by atoms with Gasteiger partial charge in [-0.2, -0.15) is 0 Å². The van der Waals surface area contributed by atoms with Crippen LogP contribution in [0.2, 0.25) is 5.02 Å². The molecule has 0 radical (unpaired) electrons. The van der Waals surface area contributed by atoms with Crippen molar-refractivity contribution in [3.05, 3.63) is 34.6 Å². The first-order chi connectivity index (χ1) is 7.52. The fraction of sp³-hybridized carbons (Fsp3) is 0.417. The number of hydrogen-bond donors (Lipinski definition) is 1. The maximum Gasteiger partial charge on any atom is 0.224 e. The van der Waals surface area contributed by atoms with Gasteiger partial charge in [-0.1, -0.05) is 24.6 Å². The van der Waals surface area contributed by atoms with Gasteiger partial charge in [0.2, 0.25) is 5.91 Å². The lowest BCUT2D eigenvalue weighted by Gasteiger charge is -2.11. The molecule has 0 saturated heterocycles. The minimum atomic E-state index is -0.438. The molecule has 0 aromatic heterocycles. The normalized spacial score (nSPS) is 12.2. The van der Waals surface area contributed by atoms with Crippen molar-refractivity contribution in [2.45, 2.75) is 32.7 Å². The van der Waals surface area contributed by atoms with E-state index in [2.05, 4.69) is 5.32 Å². The molecule has 4 heteroatoms. The zero-order valence-corrected chi connectivity index (χ0v) is 10.1. The Morgan fingerprint density at radius 3 is 2.81 bits per heavy atom. The average Bonchev–Trinajstić information content (AvgIpc) is 2.22. The Morgan fingerprint density at radius 1 is 1.56 bits per heavy atom. The minimum Gasteiger partial charge on any atom is -0.353 e. The lowest BCUT2D eigenvalue weighted by atomic mass is 10.1. The third-order valence-electron chi connectivity index (χ3n) is 2.39. The molecule has 1 atom stereocenters. The molecule has 1 aromatic rings. The number of halogens is 2. The van der Waals surface area contributed by atoms with Gasteiger partial charge in [0.1, 0.15) is 5.82 Å². The van der Waals surface area contributed by atoms with Gasteiger partial charge in [0.25, 0.3) is 0 Å². The van der Waals surface area contributed by atoms with Crippen molar-refractivity contribution in [1.82, 2.24) is 5.32 Å². The summed E-state index contributed by atoms with van der Waals surface area (Å²) in [6, 6.07) is 4.44. The summed E-state index contributed by atoms with van der Waals surface area (Å²) in [6.45, 7) is 3.89. The molecule has 1 rings (SSSR count). The van der Waals surface area contributed by atoms with Gasteiger partial charge in [-0.3, -0.25) is 4.79 Å². The van der Waals surface area contributed by atoms with E-state index < -0.39 is 5.82 Å². The molecule has 1 N–H and O–H groups in total. The quantitative estimate of drug-likeness (QED) is 0.866. The molecule has 1 amide bonds. The van der Waals surface area contributed by atoms with Crippen molar-refractivity contribution in [2.75, 3.05) is 0 Å². The predicted molar refractivity (Wildman–Crippen MR) is 63.0 cm³/mol. The predicted octanol–water partition coefficient (Wildman–Crippen LogP) is 2.94. The Balaban J connectivity index is 2.63. The van der Waals surface area contributed by atoms with Crippen LogP contribution in [0.3, 0.4) is 0 Å². The Labute approximate surface area is 99.8 Å². The fourth-order valence-electron chi connectivity index (χ4n) is 1.27. The van der Waals surface area contributed by atoms with E-state index in [0.717, 1.165) is 6.42 Å². The van der Waals surface area contributed by atoms with Gasteiger partial charge in [-0.15, -0.1) is 0 Å². The summed E-state index contributed by atoms with van der Waals surface area (Å²) >= 11 is 5.62. The number of rotatable bonds is 4. The minimum absolute atomic E-state index is 0.0490. The molecule has 1 aromatic carbocycles. The van der Waals surface area contributed by atoms with Gasteiger partial charge in [-0.05, 0) is 31.0 Å². The third-order valence-corrected chi connectivity index (χ3v) is 2.62. The first kappa shape index (κ1) is 13.0. The van der Waals surface area contributed by atoms with Crippen LogP contribution in [0.25, 0.3) is 0 Å². The van der Waals surface area contributed by atoms with Gasteiger partial charge in [0.15, 0.2) is 0 Å². The van der Waals surface area contributed by atoms with Gasteiger partial charge in [0, 0.05) is 11.1 Å². The summed E-state index contributed by atoms with van der Waals surface area (Å²) in [5.74, 6) is -0.609. The summed E-state index contributed by atoms with van der Waals surface area (Å²) in [5, 5.41) is 3.12. The smallest absolute Gasteiger partial charge is 0.224 e. The maximum absolute atomic E-state index is 13.4. The van der Waals surface area contributed by atoms with Crippen molar-refractivity contribution >= 4 is 17.5 Å². The average molecular weight is 244 g/mol. The van der Waals surface area contributed by atoms with E-state index in [4.69, 9.17) is 11.6 Å². The zero-order chi connectivity index (χ0) is 12.1. The first-order valence-corrected chi connectivity index (χ1v) is 5.64. The summed E-state index contributed by atoms with van der Waals surface area (Å²) < 4.78 is 13.4. The molecule has 0 fully saturated rings. The molecule has 0 aliphatic heterocycles. The van der Waals surface area contributed by atoms with Gasteiger partial charge in [0.05, 0.1) is 6.42 Å². The Bertz CT molecular complexity index is 381. The van der Waals surface area contributed by atoms with Crippen LogP contribution in [-0.4, -0.2) is 11.9 Å². The summed E-state index contributed by atoms with van der Waals surface area (Å²) in [7, 11) is 0. The van der Waals surface area contributed by atoms with Gasteiger partial charge >= 0.3 is 0 Å². The van der Waals surface area contributed by atoms with Crippen LogP contribution in [0.5, 0.6) is 0 Å². The molecule has 2 nitrogen and oxygen atoms in total. The van der Waals surface area contributed by atoms with E-state index in [9.17, 15) is 9.18 Å². The number of amides is 1. The van der Waals surface area contributed by atoms with E-state index in [0.29, 0.717) is 10.6 Å². The number of hydrogen-bond acceptors (Lipinski definition) is 1. The largest absolute Gasteiger partial charge is 0.353 e. The van der Waals surface area contributed by atoms with Crippen LogP contribution in [0.15, 0.2) is 18.2 Å². The van der Waals surface area contributed by atoms with Crippen molar-refractivity contribution in [3.63, 3.8) is 0 Å². The summed E-state index contributed by atoms with van der Waals surface area (Å²) in [4.78, 5) is 11.5. The topological polar surface area (TPSA) is 29.1 Å². The molecule has 0 aliphatic rings. The molecule has 0 spiro atoms. The number of benzene rings is 1. The summed E-state index contributed by atoms with van der Waals surface area (Å²) in [5.41, 5.74) is 0.366. The molecule has 0 heterocycles. The monoisotopic (exact) mass is 243 g/mol. The van der Waals surface area contributed by atoms with Crippen LogP contribution >= 0.6 is 11.6 Å². The van der Waals surface area contributed by atoms with Crippen LogP contribution in [0, 0.1) is 5.82 Å². The highest BCUT2D eigenvalue weighted by Crippen LogP contribution is 2.15.